The highest BCUT2D eigenvalue weighted by molar-refractivity contribution is 8.19. The summed E-state index contributed by atoms with van der Waals surface area (Å²) in [6.45, 7) is 3.76. The molecular weight excluding hydrogens is 310 g/mol. The molecule has 0 spiro atoms. The summed E-state index contributed by atoms with van der Waals surface area (Å²) >= 11 is 1.28. The van der Waals surface area contributed by atoms with Crippen LogP contribution in [0.4, 0.5) is 0 Å². The average molecular weight is 325 g/mol. The number of carbonyl (C=O) groups excluding carboxylic acids is 1. The fourth-order valence-corrected chi connectivity index (χ4v) is 3.21. The zero-order chi connectivity index (χ0) is 16.6. The van der Waals surface area contributed by atoms with Crippen molar-refractivity contribution in [1.29, 1.82) is 0 Å². The number of aryl methyl sites for hydroxylation is 2. The van der Waals surface area contributed by atoms with Crippen LogP contribution in [0.3, 0.4) is 0 Å². The zero-order valence-electron chi connectivity index (χ0n) is 12.7. The van der Waals surface area contributed by atoms with Crippen molar-refractivity contribution in [1.82, 2.24) is 0 Å². The Morgan fingerprint density at radius 1 is 1.09 bits per heavy atom. The number of hydrogen-bond acceptors (Lipinski definition) is 4. The first-order chi connectivity index (χ1) is 10.9. The van der Waals surface area contributed by atoms with Crippen molar-refractivity contribution in [2.75, 3.05) is 0 Å². The summed E-state index contributed by atoms with van der Waals surface area (Å²) < 4.78 is 0. The Bertz CT molecular complexity index is 828. The molecule has 0 saturated carbocycles. The number of benzene rings is 2. The standard InChI is InChI=1S/C18H15NO3S/c1-10-3-5-12(6-4-10)18-19-17(22)16(23-18)9-14-11(2)7-13(20)8-15(14)21/h3-9,20-21H,1-2H3/b16-9-. The number of rotatable bonds is 2. The van der Waals surface area contributed by atoms with Gasteiger partial charge in [0.25, 0.3) is 5.91 Å². The van der Waals surface area contributed by atoms with Crippen molar-refractivity contribution >= 4 is 28.8 Å². The Morgan fingerprint density at radius 3 is 2.43 bits per heavy atom. The molecule has 1 aliphatic heterocycles. The number of carbonyl (C=O) groups is 1. The molecule has 0 fully saturated rings. The van der Waals surface area contributed by atoms with Gasteiger partial charge >= 0.3 is 0 Å². The largest absolute Gasteiger partial charge is 0.508 e. The fourth-order valence-electron chi connectivity index (χ4n) is 2.31. The summed E-state index contributed by atoms with van der Waals surface area (Å²) in [4.78, 5) is 16.6. The van der Waals surface area contributed by atoms with Crippen LogP contribution in [0.1, 0.15) is 22.3 Å². The monoisotopic (exact) mass is 325 g/mol. The van der Waals surface area contributed by atoms with Crippen LogP contribution in [0.25, 0.3) is 6.08 Å². The van der Waals surface area contributed by atoms with Gasteiger partial charge in [-0.05, 0) is 31.6 Å². The molecule has 23 heavy (non-hydrogen) atoms. The number of aliphatic imine (C=N–C) groups is 1. The van der Waals surface area contributed by atoms with Gasteiger partial charge in [-0.2, -0.15) is 0 Å². The second-order valence-corrected chi connectivity index (χ2v) is 6.42. The number of phenolic OH excluding ortho intramolecular Hbond substituents is 2. The predicted molar refractivity (Wildman–Crippen MR) is 92.8 cm³/mol. The molecule has 3 rings (SSSR count). The Hall–Kier alpha value is -2.53. The van der Waals surface area contributed by atoms with Crippen LogP contribution in [0.5, 0.6) is 11.5 Å². The minimum atomic E-state index is -0.322. The van der Waals surface area contributed by atoms with E-state index in [0.717, 1.165) is 11.1 Å². The number of aromatic hydroxyl groups is 2. The third kappa shape index (κ3) is 3.14. The van der Waals surface area contributed by atoms with E-state index < -0.39 is 0 Å². The van der Waals surface area contributed by atoms with Gasteiger partial charge in [0.2, 0.25) is 0 Å². The summed E-state index contributed by atoms with van der Waals surface area (Å²) in [7, 11) is 0. The Morgan fingerprint density at radius 2 is 1.78 bits per heavy atom. The molecule has 1 aliphatic rings. The van der Waals surface area contributed by atoms with E-state index >= 15 is 0 Å². The van der Waals surface area contributed by atoms with E-state index in [4.69, 9.17) is 0 Å². The Balaban J connectivity index is 1.92. The van der Waals surface area contributed by atoms with Crippen molar-refractivity contribution < 1.29 is 15.0 Å². The lowest BCUT2D eigenvalue weighted by molar-refractivity contribution is -0.113. The molecule has 2 aromatic carbocycles. The molecule has 0 aromatic heterocycles. The van der Waals surface area contributed by atoms with Gasteiger partial charge in [-0.1, -0.05) is 41.6 Å². The van der Waals surface area contributed by atoms with Gasteiger partial charge in [0.15, 0.2) is 0 Å². The van der Waals surface area contributed by atoms with Gasteiger partial charge in [0.05, 0.1) is 4.91 Å². The summed E-state index contributed by atoms with van der Waals surface area (Å²) in [5.41, 5.74) is 3.24. The van der Waals surface area contributed by atoms with E-state index in [-0.39, 0.29) is 17.4 Å². The molecule has 1 amide bonds. The summed E-state index contributed by atoms with van der Waals surface area (Å²) in [5, 5.41) is 20.1. The average Bonchev–Trinajstić information content (AvgIpc) is 2.84. The van der Waals surface area contributed by atoms with Gasteiger partial charge in [-0.15, -0.1) is 0 Å². The molecule has 2 aromatic rings. The minimum Gasteiger partial charge on any atom is -0.508 e. The highest BCUT2D eigenvalue weighted by atomic mass is 32.2. The minimum absolute atomic E-state index is 0.0101. The predicted octanol–water partition coefficient (Wildman–Crippen LogP) is 3.78. The summed E-state index contributed by atoms with van der Waals surface area (Å²) in [5.74, 6) is -0.395. The fraction of sp³-hybridized carbons (Fsp3) is 0.111. The van der Waals surface area contributed by atoms with Crippen LogP contribution in [0.2, 0.25) is 0 Å². The maximum Gasteiger partial charge on any atom is 0.284 e. The summed E-state index contributed by atoms with van der Waals surface area (Å²) in [6, 6.07) is 10.6. The van der Waals surface area contributed by atoms with Gasteiger partial charge < -0.3 is 10.2 Å². The molecule has 116 valence electrons. The van der Waals surface area contributed by atoms with Crippen LogP contribution in [0, 0.1) is 13.8 Å². The maximum absolute atomic E-state index is 12.1. The van der Waals surface area contributed by atoms with E-state index in [0.29, 0.717) is 21.1 Å². The van der Waals surface area contributed by atoms with E-state index in [1.54, 1.807) is 13.0 Å². The normalized spacial score (nSPS) is 16.0. The summed E-state index contributed by atoms with van der Waals surface area (Å²) in [6.07, 6.45) is 1.61. The smallest absolute Gasteiger partial charge is 0.284 e. The third-order valence-corrected chi connectivity index (χ3v) is 4.58. The van der Waals surface area contributed by atoms with Crippen molar-refractivity contribution in [2.24, 2.45) is 4.99 Å². The van der Waals surface area contributed by atoms with Gasteiger partial charge in [0, 0.05) is 17.2 Å². The first kappa shape index (κ1) is 15.4. The number of hydrogen-bond donors (Lipinski definition) is 2. The van der Waals surface area contributed by atoms with Crippen molar-refractivity contribution in [2.45, 2.75) is 13.8 Å². The lowest BCUT2D eigenvalue weighted by Crippen LogP contribution is -1.90. The number of nitrogens with zero attached hydrogens (tertiary/aromatic N) is 1. The number of phenols is 2. The molecule has 0 bridgehead atoms. The molecule has 2 N–H and O–H groups in total. The Kier molecular flexibility index (Phi) is 3.96. The Labute approximate surface area is 138 Å². The van der Waals surface area contributed by atoms with E-state index in [9.17, 15) is 15.0 Å². The first-order valence-corrected chi connectivity index (χ1v) is 7.88. The quantitative estimate of drug-likeness (QED) is 0.825. The van der Waals surface area contributed by atoms with Crippen LogP contribution >= 0.6 is 11.8 Å². The van der Waals surface area contributed by atoms with E-state index in [1.165, 1.54) is 23.9 Å². The molecule has 0 atom stereocenters. The highest BCUT2D eigenvalue weighted by Gasteiger charge is 2.23. The topological polar surface area (TPSA) is 69.9 Å². The maximum atomic E-state index is 12.1. The van der Waals surface area contributed by atoms with Crippen LogP contribution in [0.15, 0.2) is 46.3 Å². The van der Waals surface area contributed by atoms with Crippen LogP contribution < -0.4 is 0 Å². The molecule has 0 aliphatic carbocycles. The molecule has 1 heterocycles. The second kappa shape index (κ2) is 5.93. The van der Waals surface area contributed by atoms with Gasteiger partial charge in [-0.25, -0.2) is 4.99 Å². The zero-order valence-corrected chi connectivity index (χ0v) is 13.5. The van der Waals surface area contributed by atoms with Crippen LogP contribution in [-0.4, -0.2) is 21.2 Å². The third-order valence-electron chi connectivity index (χ3n) is 3.54. The lowest BCUT2D eigenvalue weighted by Gasteiger charge is -2.06. The van der Waals surface area contributed by atoms with Gasteiger partial charge in [-0.3, -0.25) is 4.79 Å². The highest BCUT2D eigenvalue weighted by Crippen LogP contribution is 2.35. The molecule has 5 heteroatoms. The van der Waals surface area contributed by atoms with E-state index in [2.05, 4.69) is 4.99 Å². The molecule has 0 saturated heterocycles. The first-order valence-electron chi connectivity index (χ1n) is 7.06. The number of thioether (sulfide) groups is 1. The van der Waals surface area contributed by atoms with E-state index in [1.807, 2.05) is 31.2 Å². The lowest BCUT2D eigenvalue weighted by atomic mass is 10.1. The number of amides is 1. The van der Waals surface area contributed by atoms with Gasteiger partial charge in [0.1, 0.15) is 16.5 Å². The SMILES string of the molecule is Cc1ccc(C2=NC(=O)/C(=C/c3c(C)cc(O)cc3O)S2)cc1. The van der Waals surface area contributed by atoms with Crippen molar-refractivity contribution in [3.63, 3.8) is 0 Å². The van der Waals surface area contributed by atoms with Crippen molar-refractivity contribution in [3.8, 4) is 11.5 Å². The molecule has 4 nitrogen and oxygen atoms in total. The molecule has 0 unspecified atom stereocenters. The molecule has 0 radical (unpaired) electrons. The van der Waals surface area contributed by atoms with Crippen molar-refractivity contribution in [3.05, 3.63) is 63.6 Å². The second-order valence-electron chi connectivity index (χ2n) is 5.39. The molecular formula is C18H15NO3S. The van der Waals surface area contributed by atoms with Crippen LogP contribution in [-0.2, 0) is 4.79 Å².